The molecule has 0 saturated heterocycles. The number of amides is 3. The van der Waals surface area contributed by atoms with Gasteiger partial charge in [-0.15, -0.1) is 0 Å². The molecule has 4 rings (SSSR count). The van der Waals surface area contributed by atoms with Crippen molar-refractivity contribution in [3.63, 3.8) is 0 Å². The second-order valence-corrected chi connectivity index (χ2v) is 10.7. The number of hydrazine groups is 1. The Balaban J connectivity index is 1.60. The molecule has 0 bridgehead atoms. The Morgan fingerprint density at radius 2 is 1.93 bits per heavy atom. The Kier molecular flexibility index (Phi) is 10.3. The van der Waals surface area contributed by atoms with Gasteiger partial charge in [-0.3, -0.25) is 19.4 Å². The highest BCUT2D eigenvalue weighted by molar-refractivity contribution is 5.95. The number of alkyl halides is 3. The number of hydrogen-bond acceptors (Lipinski definition) is 6. The first kappa shape index (κ1) is 33.2. The van der Waals surface area contributed by atoms with Crippen molar-refractivity contribution in [3.8, 4) is 11.1 Å². The summed E-state index contributed by atoms with van der Waals surface area (Å²) in [5, 5.41) is 5.78. The van der Waals surface area contributed by atoms with Crippen LogP contribution in [0.3, 0.4) is 0 Å². The first-order valence-corrected chi connectivity index (χ1v) is 13.9. The fourth-order valence-corrected chi connectivity index (χ4v) is 5.39. The van der Waals surface area contributed by atoms with E-state index >= 15 is 0 Å². The van der Waals surface area contributed by atoms with Gasteiger partial charge in [-0.1, -0.05) is 12.1 Å². The van der Waals surface area contributed by atoms with E-state index in [-0.39, 0.29) is 43.6 Å². The van der Waals surface area contributed by atoms with E-state index in [0.29, 0.717) is 16.8 Å². The summed E-state index contributed by atoms with van der Waals surface area (Å²) in [6, 6.07) is 6.93. The second-order valence-electron chi connectivity index (χ2n) is 10.7. The molecule has 1 unspecified atom stereocenters. The summed E-state index contributed by atoms with van der Waals surface area (Å²) in [5.74, 6) is -0.283. The third-order valence-electron chi connectivity index (χ3n) is 7.36. The van der Waals surface area contributed by atoms with Crippen LogP contribution in [0.1, 0.15) is 47.7 Å². The standard InChI is InChI=1S/C30H30F6N6O3/c31-19-9-16(10-20(32)12-19)8-18(27-21(2-1-6-39-27)17-3-4-24(33)22(11-17)28(37)44)14-41-26(43)15-42(38)25-5-7-40-29(45)23(25)13-30(34,35)36/h1-4,6,9,11-12,16,18H,5,7-8,10,13-15,38H2,(H2,37,44)(H,40,45)(H,41,43)/t16?,18-/m1/s1. The number of hydrogen-bond donors (Lipinski definition) is 4. The lowest BCUT2D eigenvalue weighted by molar-refractivity contribution is -0.135. The van der Waals surface area contributed by atoms with Gasteiger partial charge in [0.15, 0.2) is 0 Å². The van der Waals surface area contributed by atoms with Crippen LogP contribution in [0.15, 0.2) is 71.6 Å². The van der Waals surface area contributed by atoms with E-state index in [4.69, 9.17) is 11.6 Å². The van der Waals surface area contributed by atoms with Crippen LogP contribution in [-0.4, -0.2) is 53.5 Å². The molecule has 1 aliphatic heterocycles. The number of nitrogens with zero attached hydrogens (tertiary/aromatic N) is 2. The van der Waals surface area contributed by atoms with Gasteiger partial charge in [0.25, 0.3) is 5.91 Å². The van der Waals surface area contributed by atoms with Crippen LogP contribution in [0.4, 0.5) is 26.3 Å². The number of carbonyl (C=O) groups is 3. The summed E-state index contributed by atoms with van der Waals surface area (Å²) >= 11 is 0. The molecule has 2 heterocycles. The quantitative estimate of drug-likeness (QED) is 0.165. The van der Waals surface area contributed by atoms with Gasteiger partial charge >= 0.3 is 6.18 Å². The Hall–Kier alpha value is -4.66. The lowest BCUT2D eigenvalue weighted by atomic mass is 9.84. The van der Waals surface area contributed by atoms with Gasteiger partial charge in [0.2, 0.25) is 11.8 Å². The maximum Gasteiger partial charge on any atom is 0.393 e. The molecule has 2 atom stereocenters. The number of nitrogens with one attached hydrogen (secondary N) is 2. The highest BCUT2D eigenvalue weighted by Gasteiger charge is 2.36. The van der Waals surface area contributed by atoms with E-state index in [1.54, 1.807) is 12.1 Å². The van der Waals surface area contributed by atoms with Crippen LogP contribution >= 0.6 is 0 Å². The van der Waals surface area contributed by atoms with Gasteiger partial charge in [0, 0.05) is 61.0 Å². The minimum absolute atomic E-state index is 0.0233. The minimum Gasteiger partial charge on any atom is -0.366 e. The predicted molar refractivity (Wildman–Crippen MR) is 151 cm³/mol. The molecule has 15 heteroatoms. The number of pyridine rings is 1. The van der Waals surface area contributed by atoms with Crippen LogP contribution in [0, 0.1) is 11.7 Å². The van der Waals surface area contributed by atoms with Crippen molar-refractivity contribution in [3.05, 3.63) is 88.7 Å². The minimum atomic E-state index is -4.68. The monoisotopic (exact) mass is 636 g/mol. The maximum atomic E-state index is 14.2. The molecular weight excluding hydrogens is 606 g/mol. The molecular formula is C30H30F6N6O3. The van der Waals surface area contributed by atoms with Gasteiger partial charge in [0.1, 0.15) is 24.0 Å². The van der Waals surface area contributed by atoms with E-state index in [1.807, 2.05) is 0 Å². The highest BCUT2D eigenvalue weighted by atomic mass is 19.4. The number of rotatable bonds is 11. The number of carbonyl (C=O) groups excluding carboxylic acids is 3. The van der Waals surface area contributed by atoms with Crippen LogP contribution in [0.5, 0.6) is 0 Å². The Morgan fingerprint density at radius 1 is 1.18 bits per heavy atom. The number of halogens is 6. The maximum absolute atomic E-state index is 14.2. The molecule has 2 aromatic rings. The number of primary amides is 1. The van der Waals surface area contributed by atoms with E-state index in [2.05, 4.69) is 15.6 Å². The predicted octanol–water partition coefficient (Wildman–Crippen LogP) is 4.21. The van der Waals surface area contributed by atoms with E-state index in [9.17, 15) is 40.7 Å². The number of allylic oxidation sites excluding steroid dienone is 4. The van der Waals surface area contributed by atoms with Crippen molar-refractivity contribution in [2.45, 2.75) is 37.8 Å². The lowest BCUT2D eigenvalue weighted by Crippen LogP contribution is -2.46. The largest absolute Gasteiger partial charge is 0.393 e. The summed E-state index contributed by atoms with van der Waals surface area (Å²) in [7, 11) is 0. The molecule has 1 aliphatic carbocycles. The fourth-order valence-electron chi connectivity index (χ4n) is 5.39. The van der Waals surface area contributed by atoms with Crippen molar-refractivity contribution in [2.24, 2.45) is 17.5 Å². The molecule has 3 amide bonds. The Morgan fingerprint density at radius 3 is 2.62 bits per heavy atom. The van der Waals surface area contributed by atoms with Crippen molar-refractivity contribution in [1.29, 1.82) is 0 Å². The molecule has 0 saturated carbocycles. The summed E-state index contributed by atoms with van der Waals surface area (Å²) < 4.78 is 81.8. The molecule has 0 radical (unpaired) electrons. The Bertz CT molecular complexity index is 1570. The topological polar surface area (TPSA) is 143 Å². The van der Waals surface area contributed by atoms with Gasteiger partial charge in [-0.05, 0) is 42.2 Å². The zero-order valence-corrected chi connectivity index (χ0v) is 23.8. The number of benzene rings is 1. The van der Waals surface area contributed by atoms with Gasteiger partial charge < -0.3 is 21.4 Å². The molecule has 45 heavy (non-hydrogen) atoms. The summed E-state index contributed by atoms with van der Waals surface area (Å²) in [6.07, 6.45) is -2.78. The van der Waals surface area contributed by atoms with Crippen molar-refractivity contribution in [1.82, 2.24) is 20.6 Å². The summed E-state index contributed by atoms with van der Waals surface area (Å²) in [6.45, 7) is -0.708. The zero-order valence-electron chi connectivity index (χ0n) is 23.8. The van der Waals surface area contributed by atoms with Crippen LogP contribution < -0.4 is 22.2 Å². The average molecular weight is 637 g/mol. The number of nitrogens with two attached hydrogens (primary N) is 2. The molecule has 240 valence electrons. The first-order valence-electron chi connectivity index (χ1n) is 13.9. The van der Waals surface area contributed by atoms with Crippen LogP contribution in [-0.2, 0) is 9.59 Å². The smallest absolute Gasteiger partial charge is 0.366 e. The zero-order chi connectivity index (χ0) is 32.9. The highest BCUT2D eigenvalue weighted by Crippen LogP contribution is 2.36. The van der Waals surface area contributed by atoms with Crippen LogP contribution in [0.2, 0.25) is 0 Å². The van der Waals surface area contributed by atoms with E-state index < -0.39 is 71.7 Å². The van der Waals surface area contributed by atoms with Crippen molar-refractivity contribution in [2.75, 3.05) is 19.6 Å². The SMILES string of the molecule is NC(=O)c1cc(-c2cccnc2[C@@H](CNC(=O)CN(N)C2=C(CC(F)(F)F)C(=O)NCC2)CC2C=C(F)C=C(F)C2)ccc1F. The lowest BCUT2D eigenvalue weighted by Gasteiger charge is -2.29. The molecule has 1 aromatic carbocycles. The molecule has 1 aromatic heterocycles. The van der Waals surface area contributed by atoms with Gasteiger partial charge in [-0.25, -0.2) is 19.0 Å². The fraction of sp³-hybridized carbons (Fsp3) is 0.333. The molecule has 9 nitrogen and oxygen atoms in total. The first-order chi connectivity index (χ1) is 21.2. The average Bonchev–Trinajstić information content (AvgIpc) is 2.95. The summed E-state index contributed by atoms with van der Waals surface area (Å²) in [4.78, 5) is 41.3. The molecule has 6 N–H and O–H groups in total. The third-order valence-corrected chi connectivity index (χ3v) is 7.36. The van der Waals surface area contributed by atoms with Crippen molar-refractivity contribution < 1.29 is 40.7 Å². The molecule has 2 aliphatic rings. The van der Waals surface area contributed by atoms with Crippen molar-refractivity contribution >= 4 is 17.7 Å². The summed E-state index contributed by atoms with van der Waals surface area (Å²) in [5.41, 5.74) is 5.39. The van der Waals surface area contributed by atoms with Gasteiger partial charge in [0.05, 0.1) is 17.7 Å². The van der Waals surface area contributed by atoms with E-state index in [1.165, 1.54) is 24.4 Å². The normalized spacial score (nSPS) is 17.7. The second kappa shape index (κ2) is 14.0. The Labute approximate surface area is 254 Å². The molecule has 0 spiro atoms. The van der Waals surface area contributed by atoms with E-state index in [0.717, 1.165) is 17.2 Å². The third kappa shape index (κ3) is 8.71. The molecule has 0 fully saturated rings. The van der Waals surface area contributed by atoms with Crippen LogP contribution in [0.25, 0.3) is 11.1 Å². The van der Waals surface area contributed by atoms with Gasteiger partial charge in [-0.2, -0.15) is 13.2 Å². The number of aromatic nitrogens is 1.